The standard InChI is InChI=1S/C43H50N6O4/c1-7-32-18-30(15-26(3)40(32)48-38(50)22-36(42(48)52)46(5)24-28-11-9-13-34(44)20-28)17-31-16-27(4)41(33(8-2)19-31)49-39(51)23-37(43(49)53)47(6)25-29-12-10-14-35(45)21-29/h9-16,18-21,36-37H,7-8,17,22-25,44-45H2,1-6H3. The van der Waals surface area contributed by atoms with Gasteiger partial charge in [0.05, 0.1) is 36.3 Å². The number of nitrogen functional groups attached to an aromatic ring is 2. The Balaban J connectivity index is 1.21. The van der Waals surface area contributed by atoms with E-state index in [0.29, 0.717) is 55.1 Å². The zero-order valence-electron chi connectivity index (χ0n) is 31.6. The van der Waals surface area contributed by atoms with Crippen molar-refractivity contribution in [2.45, 2.75) is 85.0 Å². The van der Waals surface area contributed by atoms with Crippen molar-refractivity contribution in [2.24, 2.45) is 0 Å². The van der Waals surface area contributed by atoms with E-state index in [2.05, 4.69) is 24.3 Å². The number of benzene rings is 4. The molecule has 6 rings (SSSR count). The van der Waals surface area contributed by atoms with E-state index < -0.39 is 12.1 Å². The number of amides is 4. The highest BCUT2D eigenvalue weighted by Crippen LogP contribution is 2.36. The third-order valence-electron chi connectivity index (χ3n) is 10.6. The molecule has 2 aliphatic heterocycles. The summed E-state index contributed by atoms with van der Waals surface area (Å²) < 4.78 is 0. The van der Waals surface area contributed by atoms with E-state index in [9.17, 15) is 19.2 Å². The first-order valence-corrected chi connectivity index (χ1v) is 18.4. The summed E-state index contributed by atoms with van der Waals surface area (Å²) in [4.78, 5) is 61.2. The van der Waals surface area contributed by atoms with E-state index in [1.165, 1.54) is 9.80 Å². The Morgan fingerprint density at radius 2 is 1.00 bits per heavy atom. The van der Waals surface area contributed by atoms with E-state index in [-0.39, 0.29) is 36.5 Å². The molecule has 0 bridgehead atoms. The molecule has 2 saturated heterocycles. The molecule has 53 heavy (non-hydrogen) atoms. The van der Waals surface area contributed by atoms with Crippen molar-refractivity contribution >= 4 is 46.4 Å². The Bertz CT molecular complexity index is 1950. The number of nitrogens with zero attached hydrogens (tertiary/aromatic N) is 4. The van der Waals surface area contributed by atoms with Crippen LogP contribution in [0.1, 0.15) is 71.2 Å². The van der Waals surface area contributed by atoms with Crippen molar-refractivity contribution in [1.82, 2.24) is 9.80 Å². The largest absolute Gasteiger partial charge is 0.399 e. The minimum Gasteiger partial charge on any atom is -0.399 e. The molecule has 2 fully saturated rings. The highest BCUT2D eigenvalue weighted by Gasteiger charge is 2.44. The lowest BCUT2D eigenvalue weighted by Gasteiger charge is -2.26. The molecule has 0 aromatic heterocycles. The van der Waals surface area contributed by atoms with Crippen LogP contribution in [0.3, 0.4) is 0 Å². The van der Waals surface area contributed by atoms with Crippen molar-refractivity contribution in [3.63, 3.8) is 0 Å². The van der Waals surface area contributed by atoms with Gasteiger partial charge in [-0.05, 0) is 116 Å². The Labute approximate surface area is 312 Å². The van der Waals surface area contributed by atoms with Crippen LogP contribution in [-0.2, 0) is 51.5 Å². The maximum Gasteiger partial charge on any atom is 0.251 e. The number of carbonyl (C=O) groups excluding carboxylic acids is 4. The lowest BCUT2D eigenvalue weighted by atomic mass is 9.93. The Hall–Kier alpha value is -5.32. The fourth-order valence-corrected chi connectivity index (χ4v) is 8.06. The summed E-state index contributed by atoms with van der Waals surface area (Å²) in [6.45, 7) is 8.99. The number of rotatable bonds is 12. The van der Waals surface area contributed by atoms with E-state index >= 15 is 0 Å². The van der Waals surface area contributed by atoms with Gasteiger partial charge >= 0.3 is 0 Å². The average molecular weight is 715 g/mol. The summed E-state index contributed by atoms with van der Waals surface area (Å²) in [5, 5.41) is 0. The second-order valence-corrected chi connectivity index (χ2v) is 14.6. The van der Waals surface area contributed by atoms with Gasteiger partial charge in [0, 0.05) is 24.5 Å². The predicted octanol–water partition coefficient (Wildman–Crippen LogP) is 5.71. The third-order valence-corrected chi connectivity index (χ3v) is 10.6. The van der Waals surface area contributed by atoms with Crippen molar-refractivity contribution in [2.75, 3.05) is 35.4 Å². The maximum atomic E-state index is 13.8. The first-order valence-electron chi connectivity index (χ1n) is 18.4. The van der Waals surface area contributed by atoms with Gasteiger partial charge < -0.3 is 11.5 Å². The van der Waals surface area contributed by atoms with Gasteiger partial charge in [0.2, 0.25) is 11.8 Å². The lowest BCUT2D eigenvalue weighted by Crippen LogP contribution is -2.40. The minimum atomic E-state index is -0.560. The number of anilines is 4. The molecular formula is C43H50N6O4. The van der Waals surface area contributed by atoms with Crippen LogP contribution in [0.25, 0.3) is 0 Å². The maximum absolute atomic E-state index is 13.8. The molecule has 0 spiro atoms. The molecule has 2 unspecified atom stereocenters. The number of likely N-dealkylation sites (N-methyl/N-ethyl adjacent to an activating group) is 2. The summed E-state index contributed by atoms with van der Waals surface area (Å²) in [5.41, 5.74) is 22.3. The SMILES string of the molecule is CCc1cc(Cc2cc(C)c(N3C(=O)CC(N(C)Cc4cccc(N)c4)C3=O)c(CC)c2)cc(C)c1N1C(=O)CC(N(C)Cc2cccc(N)c2)C1=O. The summed E-state index contributed by atoms with van der Waals surface area (Å²) in [5.74, 6) is -0.828. The molecule has 2 heterocycles. The molecule has 2 aliphatic rings. The smallest absolute Gasteiger partial charge is 0.251 e. The lowest BCUT2D eigenvalue weighted by molar-refractivity contribution is -0.124. The number of hydrogen-bond donors (Lipinski definition) is 2. The van der Waals surface area contributed by atoms with Crippen molar-refractivity contribution in [1.29, 1.82) is 0 Å². The number of imide groups is 2. The van der Waals surface area contributed by atoms with Crippen LogP contribution in [0.2, 0.25) is 0 Å². The minimum absolute atomic E-state index is 0.120. The molecule has 4 N–H and O–H groups in total. The quantitative estimate of drug-likeness (QED) is 0.141. The van der Waals surface area contributed by atoms with Gasteiger partial charge in [-0.15, -0.1) is 0 Å². The topological polar surface area (TPSA) is 133 Å². The molecule has 4 amide bonds. The van der Waals surface area contributed by atoms with Crippen molar-refractivity contribution in [3.8, 4) is 0 Å². The predicted molar refractivity (Wildman–Crippen MR) is 210 cm³/mol. The first kappa shape index (κ1) is 37.4. The van der Waals surface area contributed by atoms with Gasteiger partial charge in [-0.3, -0.25) is 29.0 Å². The van der Waals surface area contributed by atoms with Gasteiger partial charge in [-0.25, -0.2) is 9.80 Å². The Kier molecular flexibility index (Phi) is 10.8. The van der Waals surface area contributed by atoms with Crippen LogP contribution >= 0.6 is 0 Å². The van der Waals surface area contributed by atoms with Crippen LogP contribution in [0, 0.1) is 13.8 Å². The van der Waals surface area contributed by atoms with Crippen molar-refractivity contribution in [3.05, 3.63) is 117 Å². The number of carbonyl (C=O) groups is 4. The molecule has 276 valence electrons. The average Bonchev–Trinajstić information content (AvgIpc) is 3.57. The van der Waals surface area contributed by atoms with Crippen LogP contribution in [0.5, 0.6) is 0 Å². The van der Waals surface area contributed by atoms with E-state index in [1.54, 1.807) is 0 Å². The Morgan fingerprint density at radius 3 is 1.36 bits per heavy atom. The van der Waals surface area contributed by atoms with Gasteiger partial charge in [-0.2, -0.15) is 0 Å². The summed E-state index contributed by atoms with van der Waals surface area (Å²) >= 11 is 0. The van der Waals surface area contributed by atoms with Gasteiger partial charge in [0.15, 0.2) is 0 Å². The number of hydrogen-bond acceptors (Lipinski definition) is 8. The first-order chi connectivity index (χ1) is 25.3. The second-order valence-electron chi connectivity index (χ2n) is 14.6. The van der Waals surface area contributed by atoms with Crippen molar-refractivity contribution < 1.29 is 19.2 Å². The van der Waals surface area contributed by atoms with Gasteiger partial charge in [-0.1, -0.05) is 62.4 Å². The van der Waals surface area contributed by atoms with E-state index in [0.717, 1.165) is 44.5 Å². The van der Waals surface area contributed by atoms with Crippen LogP contribution in [0.4, 0.5) is 22.7 Å². The molecule has 4 aromatic rings. The summed E-state index contributed by atoms with van der Waals surface area (Å²) in [7, 11) is 3.73. The fraction of sp³-hybridized carbons (Fsp3) is 0.349. The zero-order valence-corrected chi connectivity index (χ0v) is 31.6. The molecule has 0 aliphatic carbocycles. The summed E-state index contributed by atoms with van der Waals surface area (Å²) in [6.07, 6.45) is 2.15. The highest BCUT2D eigenvalue weighted by molar-refractivity contribution is 6.24. The van der Waals surface area contributed by atoms with E-state index in [4.69, 9.17) is 11.5 Å². The fourth-order valence-electron chi connectivity index (χ4n) is 8.06. The molecule has 0 saturated carbocycles. The Morgan fingerprint density at radius 1 is 0.604 bits per heavy atom. The normalized spacial score (nSPS) is 17.7. The molecular weight excluding hydrogens is 665 g/mol. The molecule has 10 heteroatoms. The van der Waals surface area contributed by atoms with Crippen LogP contribution < -0.4 is 21.3 Å². The van der Waals surface area contributed by atoms with Crippen LogP contribution in [-0.4, -0.2) is 59.6 Å². The van der Waals surface area contributed by atoms with Crippen LogP contribution in [0.15, 0.2) is 72.8 Å². The molecule has 2 atom stereocenters. The zero-order chi connectivity index (χ0) is 38.1. The molecule has 10 nitrogen and oxygen atoms in total. The number of aryl methyl sites for hydroxylation is 4. The summed E-state index contributed by atoms with van der Waals surface area (Å²) in [6, 6.07) is 22.3. The molecule has 4 aromatic carbocycles. The molecule has 0 radical (unpaired) electrons. The van der Waals surface area contributed by atoms with E-state index in [1.807, 2.05) is 100 Å². The third kappa shape index (κ3) is 7.61. The van der Waals surface area contributed by atoms with Gasteiger partial charge in [0.25, 0.3) is 11.8 Å². The second kappa shape index (κ2) is 15.3. The monoisotopic (exact) mass is 714 g/mol. The highest BCUT2D eigenvalue weighted by atomic mass is 16.2. The van der Waals surface area contributed by atoms with Gasteiger partial charge in [0.1, 0.15) is 0 Å². The number of nitrogens with two attached hydrogens (primary N) is 2.